The molecule has 1 atom stereocenters. The number of aromatic nitrogens is 4. The van der Waals surface area contributed by atoms with Gasteiger partial charge >= 0.3 is 0 Å². The third kappa shape index (κ3) is 2.99. The fourth-order valence-electron chi connectivity index (χ4n) is 2.85. The molecule has 2 aromatic rings. The smallest absolute Gasteiger partial charge is 0.269 e. The van der Waals surface area contributed by atoms with E-state index in [1.165, 1.54) is 6.42 Å². The van der Waals surface area contributed by atoms with Gasteiger partial charge in [-0.2, -0.15) is 5.10 Å². The Balaban J connectivity index is 1.77. The Morgan fingerprint density at radius 3 is 3.09 bits per heavy atom. The van der Waals surface area contributed by atoms with Crippen molar-refractivity contribution in [3.8, 4) is 0 Å². The summed E-state index contributed by atoms with van der Waals surface area (Å²) in [6.45, 7) is 3.39. The lowest BCUT2D eigenvalue weighted by molar-refractivity contribution is 0.0945. The molecule has 22 heavy (non-hydrogen) atoms. The van der Waals surface area contributed by atoms with E-state index in [1.54, 1.807) is 12.3 Å². The lowest BCUT2D eigenvalue weighted by Crippen LogP contribution is -2.26. The molecule has 0 aliphatic carbocycles. The lowest BCUT2D eigenvalue weighted by Gasteiger charge is -2.21. The van der Waals surface area contributed by atoms with Crippen LogP contribution < -0.4 is 5.32 Å². The molecule has 0 spiro atoms. The molecule has 7 nitrogen and oxygen atoms in total. The molecule has 2 aromatic heterocycles. The molecule has 1 unspecified atom stereocenters. The summed E-state index contributed by atoms with van der Waals surface area (Å²) in [6.07, 6.45) is 5.64. The molecule has 116 valence electrons. The highest BCUT2D eigenvalue weighted by Crippen LogP contribution is 2.30. The van der Waals surface area contributed by atoms with Gasteiger partial charge in [0.2, 0.25) is 0 Å². The van der Waals surface area contributed by atoms with E-state index >= 15 is 0 Å². The fourth-order valence-corrected chi connectivity index (χ4v) is 2.85. The van der Waals surface area contributed by atoms with Crippen molar-refractivity contribution in [3.63, 3.8) is 0 Å². The molecule has 0 radical (unpaired) electrons. The first-order valence-electron chi connectivity index (χ1n) is 7.45. The molecule has 0 aromatic carbocycles. The summed E-state index contributed by atoms with van der Waals surface area (Å²) in [4.78, 5) is 23.2. The number of nitrogens with one attached hydrogen (secondary N) is 2. The van der Waals surface area contributed by atoms with Crippen LogP contribution in [-0.2, 0) is 6.54 Å². The maximum Gasteiger partial charge on any atom is 0.269 e. The van der Waals surface area contributed by atoms with Crippen molar-refractivity contribution in [2.45, 2.75) is 32.4 Å². The summed E-state index contributed by atoms with van der Waals surface area (Å²) in [6, 6.07) is 1.95. The molecule has 0 bridgehead atoms. The Hall–Kier alpha value is -2.28. The van der Waals surface area contributed by atoms with Gasteiger partial charge in [0.05, 0.1) is 11.7 Å². The average Bonchev–Trinajstić information content (AvgIpc) is 3.17. The van der Waals surface area contributed by atoms with Gasteiger partial charge in [-0.15, -0.1) is 0 Å². The van der Waals surface area contributed by atoms with Crippen LogP contribution in [0.4, 0.5) is 0 Å². The maximum atomic E-state index is 12.0. The van der Waals surface area contributed by atoms with Gasteiger partial charge in [0.25, 0.3) is 5.91 Å². The Morgan fingerprint density at radius 1 is 1.55 bits per heavy atom. The maximum absolute atomic E-state index is 12.0. The molecular weight excluding hydrogens is 280 g/mol. The Kier molecular flexibility index (Phi) is 4.15. The molecule has 1 aliphatic rings. The van der Waals surface area contributed by atoms with Crippen LogP contribution in [0, 0.1) is 6.92 Å². The highest BCUT2D eigenvalue weighted by molar-refractivity contribution is 5.92. The van der Waals surface area contributed by atoms with Gasteiger partial charge in [-0.1, -0.05) is 0 Å². The number of H-pyrrole nitrogens is 1. The Labute approximate surface area is 129 Å². The van der Waals surface area contributed by atoms with E-state index in [2.05, 4.69) is 37.4 Å². The number of likely N-dealkylation sites (tertiary alicyclic amines) is 1. The topological polar surface area (TPSA) is 86.8 Å². The van der Waals surface area contributed by atoms with Crippen LogP contribution in [0.15, 0.2) is 18.5 Å². The normalized spacial score (nSPS) is 18.5. The molecule has 2 N–H and O–H groups in total. The number of aromatic amines is 1. The van der Waals surface area contributed by atoms with Crippen LogP contribution in [0.2, 0.25) is 0 Å². The second kappa shape index (κ2) is 6.23. The van der Waals surface area contributed by atoms with Crippen molar-refractivity contribution in [1.82, 2.24) is 30.4 Å². The number of aryl methyl sites for hydroxylation is 1. The van der Waals surface area contributed by atoms with Gasteiger partial charge in [0, 0.05) is 24.5 Å². The zero-order chi connectivity index (χ0) is 15.5. The van der Waals surface area contributed by atoms with Crippen molar-refractivity contribution in [2.75, 3.05) is 13.6 Å². The molecule has 1 saturated heterocycles. The monoisotopic (exact) mass is 300 g/mol. The van der Waals surface area contributed by atoms with Crippen LogP contribution in [0.1, 0.15) is 46.5 Å². The fraction of sp³-hybridized carbons (Fsp3) is 0.467. The van der Waals surface area contributed by atoms with Crippen molar-refractivity contribution >= 4 is 5.91 Å². The van der Waals surface area contributed by atoms with Crippen LogP contribution in [0.3, 0.4) is 0 Å². The standard InChI is InChI=1S/C15H20N6O/c1-10-16-8-11(9-17-15(22)12-5-6-18-20-12)14(19-10)13-4-3-7-21(13)2/h5-6,8,13H,3-4,7,9H2,1-2H3,(H,17,22)(H,18,20). The van der Waals surface area contributed by atoms with Crippen LogP contribution >= 0.6 is 0 Å². The molecular formula is C15H20N6O. The molecule has 0 saturated carbocycles. The number of hydrogen-bond donors (Lipinski definition) is 2. The predicted octanol–water partition coefficient (Wildman–Crippen LogP) is 1.20. The van der Waals surface area contributed by atoms with Gasteiger partial charge in [-0.25, -0.2) is 9.97 Å². The first-order valence-corrected chi connectivity index (χ1v) is 7.45. The van der Waals surface area contributed by atoms with E-state index in [9.17, 15) is 4.79 Å². The van der Waals surface area contributed by atoms with E-state index in [-0.39, 0.29) is 5.91 Å². The van der Waals surface area contributed by atoms with Gasteiger partial charge < -0.3 is 5.32 Å². The highest BCUT2D eigenvalue weighted by atomic mass is 16.1. The number of rotatable bonds is 4. The zero-order valence-corrected chi connectivity index (χ0v) is 12.8. The minimum Gasteiger partial charge on any atom is -0.347 e. The molecule has 1 aliphatic heterocycles. The van der Waals surface area contributed by atoms with Crippen molar-refractivity contribution < 1.29 is 4.79 Å². The average molecular weight is 300 g/mol. The van der Waals surface area contributed by atoms with E-state index in [4.69, 9.17) is 0 Å². The molecule has 7 heteroatoms. The quantitative estimate of drug-likeness (QED) is 0.886. The number of carbonyl (C=O) groups excluding carboxylic acids is 1. The van der Waals surface area contributed by atoms with Crippen molar-refractivity contribution in [3.05, 3.63) is 41.2 Å². The third-order valence-electron chi connectivity index (χ3n) is 4.04. The lowest BCUT2D eigenvalue weighted by atomic mass is 10.1. The summed E-state index contributed by atoms with van der Waals surface area (Å²) in [5.41, 5.74) is 2.45. The van der Waals surface area contributed by atoms with Gasteiger partial charge in [-0.05, 0) is 39.4 Å². The highest BCUT2D eigenvalue weighted by Gasteiger charge is 2.26. The summed E-state index contributed by atoms with van der Waals surface area (Å²) in [5, 5.41) is 9.33. The van der Waals surface area contributed by atoms with Gasteiger partial charge in [0.1, 0.15) is 11.5 Å². The van der Waals surface area contributed by atoms with Gasteiger partial charge in [0.15, 0.2) is 0 Å². The number of nitrogens with zero attached hydrogens (tertiary/aromatic N) is 4. The van der Waals surface area contributed by atoms with Crippen LogP contribution in [0.25, 0.3) is 0 Å². The van der Waals surface area contributed by atoms with Crippen molar-refractivity contribution in [2.24, 2.45) is 0 Å². The molecule has 3 rings (SSSR count). The summed E-state index contributed by atoms with van der Waals surface area (Å²) < 4.78 is 0. The second-order valence-corrected chi connectivity index (χ2v) is 5.62. The third-order valence-corrected chi connectivity index (χ3v) is 4.04. The zero-order valence-electron chi connectivity index (χ0n) is 12.8. The van der Waals surface area contributed by atoms with Gasteiger partial charge in [-0.3, -0.25) is 14.8 Å². The number of carbonyl (C=O) groups is 1. The molecule has 1 fully saturated rings. The van der Waals surface area contributed by atoms with E-state index in [0.717, 1.165) is 30.0 Å². The van der Waals surface area contributed by atoms with E-state index < -0.39 is 0 Å². The van der Waals surface area contributed by atoms with E-state index in [1.807, 2.05) is 13.1 Å². The minimum absolute atomic E-state index is 0.177. The van der Waals surface area contributed by atoms with Crippen molar-refractivity contribution in [1.29, 1.82) is 0 Å². The minimum atomic E-state index is -0.177. The SMILES string of the molecule is Cc1ncc(CNC(=O)c2ccn[nH]2)c(C2CCCN2C)n1. The molecule has 1 amide bonds. The molecule has 3 heterocycles. The second-order valence-electron chi connectivity index (χ2n) is 5.62. The summed E-state index contributed by atoms with van der Waals surface area (Å²) in [7, 11) is 2.11. The van der Waals surface area contributed by atoms with Crippen LogP contribution in [0.5, 0.6) is 0 Å². The first-order chi connectivity index (χ1) is 10.6. The number of hydrogen-bond acceptors (Lipinski definition) is 5. The summed E-state index contributed by atoms with van der Waals surface area (Å²) >= 11 is 0. The first kappa shape index (κ1) is 14.6. The predicted molar refractivity (Wildman–Crippen MR) is 81.1 cm³/mol. The number of amides is 1. The summed E-state index contributed by atoms with van der Waals surface area (Å²) in [5.74, 6) is 0.586. The Bertz CT molecular complexity index is 654. The Morgan fingerprint density at radius 2 is 2.41 bits per heavy atom. The van der Waals surface area contributed by atoms with Crippen LogP contribution in [-0.4, -0.2) is 44.6 Å². The van der Waals surface area contributed by atoms with E-state index in [0.29, 0.717) is 18.3 Å². The largest absolute Gasteiger partial charge is 0.347 e.